The van der Waals surface area contributed by atoms with Crippen LogP contribution in [0.25, 0.3) is 0 Å². The molecule has 0 aliphatic carbocycles. The highest BCUT2D eigenvalue weighted by Gasteiger charge is 2.03. The van der Waals surface area contributed by atoms with Crippen LogP contribution in [0.1, 0.15) is 29.5 Å². The molecular formula is C20H21FN2O. The SMILES string of the molecule is Cc1ccc(C=NC(C=O)CCCN=Cc2ccc(F)cc2)cc1. The monoisotopic (exact) mass is 324 g/mol. The smallest absolute Gasteiger partial charge is 0.144 e. The van der Waals surface area contributed by atoms with Crippen LogP contribution in [-0.2, 0) is 4.79 Å². The highest BCUT2D eigenvalue weighted by molar-refractivity contribution is 5.81. The fourth-order valence-corrected chi connectivity index (χ4v) is 2.12. The second-order valence-electron chi connectivity index (χ2n) is 5.62. The lowest BCUT2D eigenvalue weighted by atomic mass is 10.1. The number of hydrogen-bond acceptors (Lipinski definition) is 3. The van der Waals surface area contributed by atoms with E-state index in [4.69, 9.17) is 0 Å². The summed E-state index contributed by atoms with van der Waals surface area (Å²) in [6.07, 6.45) is 5.75. The topological polar surface area (TPSA) is 41.8 Å². The van der Waals surface area contributed by atoms with Crippen molar-refractivity contribution in [2.45, 2.75) is 25.8 Å². The molecule has 1 atom stereocenters. The number of hydrogen-bond donors (Lipinski definition) is 0. The van der Waals surface area contributed by atoms with E-state index in [1.54, 1.807) is 24.6 Å². The maximum absolute atomic E-state index is 12.8. The third-order valence-corrected chi connectivity index (χ3v) is 3.55. The first-order chi connectivity index (χ1) is 11.7. The summed E-state index contributed by atoms with van der Waals surface area (Å²) in [6, 6.07) is 13.8. The van der Waals surface area contributed by atoms with Crippen LogP contribution in [0, 0.1) is 12.7 Å². The number of nitrogens with zero attached hydrogens (tertiary/aromatic N) is 2. The van der Waals surface area contributed by atoms with E-state index in [1.807, 2.05) is 31.2 Å². The van der Waals surface area contributed by atoms with Crippen molar-refractivity contribution in [3.63, 3.8) is 0 Å². The van der Waals surface area contributed by atoms with Gasteiger partial charge in [0.15, 0.2) is 0 Å². The van der Waals surface area contributed by atoms with E-state index in [0.29, 0.717) is 13.0 Å². The molecular weight excluding hydrogens is 303 g/mol. The highest BCUT2D eigenvalue weighted by atomic mass is 19.1. The summed E-state index contributed by atoms with van der Waals surface area (Å²) in [5.41, 5.74) is 3.04. The summed E-state index contributed by atoms with van der Waals surface area (Å²) < 4.78 is 12.8. The zero-order valence-electron chi connectivity index (χ0n) is 13.7. The fourth-order valence-electron chi connectivity index (χ4n) is 2.12. The average molecular weight is 324 g/mol. The lowest BCUT2D eigenvalue weighted by Crippen LogP contribution is -2.07. The second kappa shape index (κ2) is 9.50. The third kappa shape index (κ3) is 6.24. The van der Waals surface area contributed by atoms with Gasteiger partial charge in [-0.25, -0.2) is 4.39 Å². The first-order valence-electron chi connectivity index (χ1n) is 7.98. The Labute approximate surface area is 142 Å². The van der Waals surface area contributed by atoms with E-state index in [0.717, 1.165) is 23.8 Å². The van der Waals surface area contributed by atoms with Gasteiger partial charge in [0.2, 0.25) is 0 Å². The number of benzene rings is 2. The Balaban J connectivity index is 1.75. The minimum Gasteiger partial charge on any atom is -0.301 e. The van der Waals surface area contributed by atoms with Crippen LogP contribution in [0.15, 0.2) is 58.5 Å². The van der Waals surface area contributed by atoms with Crippen molar-refractivity contribution in [1.29, 1.82) is 0 Å². The zero-order chi connectivity index (χ0) is 17.2. The molecule has 4 heteroatoms. The number of aliphatic imine (C=N–C) groups is 2. The van der Waals surface area contributed by atoms with E-state index in [2.05, 4.69) is 9.98 Å². The van der Waals surface area contributed by atoms with Gasteiger partial charge in [-0.15, -0.1) is 0 Å². The molecule has 3 nitrogen and oxygen atoms in total. The van der Waals surface area contributed by atoms with E-state index in [1.165, 1.54) is 17.7 Å². The average Bonchev–Trinajstić information content (AvgIpc) is 2.60. The van der Waals surface area contributed by atoms with Gasteiger partial charge in [0.1, 0.15) is 18.1 Å². The van der Waals surface area contributed by atoms with Crippen molar-refractivity contribution in [3.05, 3.63) is 71.0 Å². The Morgan fingerprint density at radius 1 is 1.00 bits per heavy atom. The van der Waals surface area contributed by atoms with Gasteiger partial charge in [-0.05, 0) is 43.0 Å². The lowest BCUT2D eigenvalue weighted by Gasteiger charge is -2.03. The van der Waals surface area contributed by atoms with Crippen LogP contribution in [-0.4, -0.2) is 31.3 Å². The number of aldehydes is 1. The molecule has 0 saturated carbocycles. The van der Waals surface area contributed by atoms with E-state index in [-0.39, 0.29) is 11.9 Å². The van der Waals surface area contributed by atoms with Gasteiger partial charge in [0.25, 0.3) is 0 Å². The van der Waals surface area contributed by atoms with Gasteiger partial charge in [-0.2, -0.15) is 0 Å². The Bertz CT molecular complexity index is 691. The Kier molecular flexibility index (Phi) is 7.02. The molecule has 0 radical (unpaired) electrons. The predicted octanol–water partition coefficient (Wildman–Crippen LogP) is 4.02. The molecule has 2 rings (SSSR count). The minimum absolute atomic E-state index is 0.257. The maximum atomic E-state index is 12.8. The van der Waals surface area contributed by atoms with Gasteiger partial charge in [-0.3, -0.25) is 9.98 Å². The molecule has 24 heavy (non-hydrogen) atoms. The lowest BCUT2D eigenvalue weighted by molar-refractivity contribution is -0.108. The summed E-state index contributed by atoms with van der Waals surface area (Å²) in [6.45, 7) is 2.64. The van der Waals surface area contributed by atoms with E-state index >= 15 is 0 Å². The van der Waals surface area contributed by atoms with Gasteiger partial charge >= 0.3 is 0 Å². The van der Waals surface area contributed by atoms with E-state index < -0.39 is 0 Å². The largest absolute Gasteiger partial charge is 0.301 e. The fraction of sp³-hybridized carbons (Fsp3) is 0.250. The van der Waals surface area contributed by atoms with E-state index in [9.17, 15) is 9.18 Å². The molecule has 0 saturated heterocycles. The molecule has 0 aliphatic heterocycles. The molecule has 0 amide bonds. The molecule has 0 spiro atoms. The normalized spacial score (nSPS) is 12.8. The molecule has 1 unspecified atom stereocenters. The molecule has 124 valence electrons. The standard InChI is InChI=1S/C20H21FN2O/c1-16-4-6-18(7-5-16)14-23-20(15-24)3-2-12-22-13-17-8-10-19(21)11-9-17/h4-11,13-15,20H,2-3,12H2,1H3. The Morgan fingerprint density at radius 2 is 1.62 bits per heavy atom. The molecule has 0 bridgehead atoms. The van der Waals surface area contributed by atoms with Crippen molar-refractivity contribution in [2.75, 3.05) is 6.54 Å². The van der Waals surface area contributed by atoms with Crippen molar-refractivity contribution in [3.8, 4) is 0 Å². The van der Waals surface area contributed by atoms with Gasteiger partial charge in [0.05, 0.1) is 0 Å². The van der Waals surface area contributed by atoms with Crippen LogP contribution in [0.4, 0.5) is 4.39 Å². The summed E-state index contributed by atoms with van der Waals surface area (Å²) in [5, 5.41) is 0. The van der Waals surface area contributed by atoms with Gasteiger partial charge in [-0.1, -0.05) is 42.0 Å². The van der Waals surface area contributed by atoms with Gasteiger partial charge in [0, 0.05) is 19.0 Å². The number of aryl methyl sites for hydroxylation is 1. The van der Waals surface area contributed by atoms with Crippen LogP contribution in [0.3, 0.4) is 0 Å². The first-order valence-corrected chi connectivity index (χ1v) is 7.98. The van der Waals surface area contributed by atoms with Gasteiger partial charge < -0.3 is 4.79 Å². The van der Waals surface area contributed by atoms with Crippen LogP contribution >= 0.6 is 0 Å². The molecule has 2 aromatic rings. The summed E-state index contributed by atoms with van der Waals surface area (Å²) in [7, 11) is 0. The Hall–Kier alpha value is -2.62. The summed E-state index contributed by atoms with van der Waals surface area (Å²) >= 11 is 0. The minimum atomic E-state index is -0.340. The van der Waals surface area contributed by atoms with Crippen molar-refractivity contribution in [1.82, 2.24) is 0 Å². The highest BCUT2D eigenvalue weighted by Crippen LogP contribution is 2.04. The summed E-state index contributed by atoms with van der Waals surface area (Å²) in [5.74, 6) is -0.257. The molecule has 0 fully saturated rings. The second-order valence-corrected chi connectivity index (χ2v) is 5.62. The van der Waals surface area contributed by atoms with Crippen molar-refractivity contribution < 1.29 is 9.18 Å². The molecule has 0 heterocycles. The number of halogens is 1. The third-order valence-electron chi connectivity index (χ3n) is 3.55. The number of carbonyl (C=O) groups is 1. The van der Waals surface area contributed by atoms with Crippen LogP contribution < -0.4 is 0 Å². The number of rotatable bonds is 8. The maximum Gasteiger partial charge on any atom is 0.144 e. The van der Waals surface area contributed by atoms with Crippen LogP contribution in [0.2, 0.25) is 0 Å². The number of carbonyl (C=O) groups excluding carboxylic acids is 1. The molecule has 2 aromatic carbocycles. The molecule has 0 aliphatic rings. The Morgan fingerprint density at radius 3 is 2.29 bits per heavy atom. The van der Waals surface area contributed by atoms with Crippen molar-refractivity contribution >= 4 is 18.7 Å². The summed E-state index contributed by atoms with van der Waals surface area (Å²) in [4.78, 5) is 19.7. The zero-order valence-corrected chi connectivity index (χ0v) is 13.7. The first kappa shape index (κ1) is 17.7. The molecule has 0 N–H and O–H groups in total. The van der Waals surface area contributed by atoms with Crippen LogP contribution in [0.5, 0.6) is 0 Å². The molecule has 0 aromatic heterocycles. The quantitative estimate of drug-likeness (QED) is 0.411. The van der Waals surface area contributed by atoms with Crippen molar-refractivity contribution in [2.24, 2.45) is 9.98 Å². The predicted molar refractivity (Wildman–Crippen MR) is 96.7 cm³/mol.